The highest BCUT2D eigenvalue weighted by Gasteiger charge is 2.35. The molecule has 3 nitrogen and oxygen atoms in total. The van der Waals surface area contributed by atoms with Crippen molar-refractivity contribution in [3.05, 3.63) is 29.8 Å². The van der Waals surface area contributed by atoms with Crippen LogP contribution < -0.4 is 0 Å². The van der Waals surface area contributed by atoms with E-state index in [9.17, 15) is 4.79 Å². The van der Waals surface area contributed by atoms with Gasteiger partial charge < -0.3 is 4.74 Å². The summed E-state index contributed by atoms with van der Waals surface area (Å²) in [7, 11) is 0. The van der Waals surface area contributed by atoms with Crippen molar-refractivity contribution in [1.82, 2.24) is 4.90 Å². The lowest BCUT2D eigenvalue weighted by atomic mass is 9.91. The van der Waals surface area contributed by atoms with Crippen LogP contribution >= 0.6 is 11.8 Å². The van der Waals surface area contributed by atoms with Crippen LogP contribution in [0.4, 0.5) is 0 Å². The maximum absolute atomic E-state index is 13.0. The molecule has 4 heteroatoms. The Morgan fingerprint density at radius 1 is 1.19 bits per heavy atom. The number of ether oxygens (including phenoxy) is 1. The minimum absolute atomic E-state index is 0.199. The van der Waals surface area contributed by atoms with E-state index in [1.807, 2.05) is 37.7 Å². The van der Waals surface area contributed by atoms with E-state index in [1.165, 1.54) is 36.3 Å². The van der Waals surface area contributed by atoms with Crippen LogP contribution in [0.3, 0.4) is 0 Å². The molecular weight excluding hydrogens is 342 g/mol. The van der Waals surface area contributed by atoms with Gasteiger partial charge in [-0.15, -0.1) is 11.8 Å². The first-order valence-corrected chi connectivity index (χ1v) is 11.1. The fraction of sp³-hybridized carbons (Fsp3) is 0.682. The number of carbonyl (C=O) groups is 1. The summed E-state index contributed by atoms with van der Waals surface area (Å²) in [6.45, 7) is 11.7. The number of benzene rings is 1. The number of hydrogen-bond donors (Lipinski definition) is 0. The molecule has 1 saturated heterocycles. The number of hydrogen-bond acceptors (Lipinski definition) is 4. The smallest absolute Gasteiger partial charge is 0.182 e. The predicted molar refractivity (Wildman–Crippen MR) is 111 cm³/mol. The van der Waals surface area contributed by atoms with Gasteiger partial charge in [-0.05, 0) is 38.3 Å². The second-order valence-electron chi connectivity index (χ2n) is 7.74. The van der Waals surface area contributed by atoms with Crippen molar-refractivity contribution in [2.24, 2.45) is 5.92 Å². The lowest BCUT2D eigenvalue weighted by Gasteiger charge is -2.39. The van der Waals surface area contributed by atoms with Crippen LogP contribution in [-0.4, -0.2) is 48.3 Å². The first-order valence-electron chi connectivity index (χ1n) is 10.1. The van der Waals surface area contributed by atoms with Crippen molar-refractivity contribution >= 4 is 17.5 Å². The van der Waals surface area contributed by atoms with E-state index < -0.39 is 5.54 Å². The monoisotopic (exact) mass is 377 g/mol. The second-order valence-corrected chi connectivity index (χ2v) is 8.83. The first-order chi connectivity index (χ1) is 12.5. The zero-order valence-electron chi connectivity index (χ0n) is 16.9. The Kier molecular flexibility index (Phi) is 8.65. The van der Waals surface area contributed by atoms with Crippen molar-refractivity contribution in [2.75, 3.05) is 32.1 Å². The normalized spacial score (nSPS) is 17.2. The van der Waals surface area contributed by atoms with Crippen molar-refractivity contribution in [3.63, 3.8) is 0 Å². The third kappa shape index (κ3) is 5.83. The molecule has 1 aromatic rings. The Balaban J connectivity index is 1.94. The predicted octanol–water partition coefficient (Wildman–Crippen LogP) is 5.29. The molecule has 146 valence electrons. The number of carbonyl (C=O) groups excluding carboxylic acids is 1. The third-order valence-electron chi connectivity index (χ3n) is 5.50. The number of nitrogens with zero attached hydrogens (tertiary/aromatic N) is 1. The molecule has 1 aliphatic rings. The summed E-state index contributed by atoms with van der Waals surface area (Å²) in [5, 5.41) is 0. The number of rotatable bonds is 10. The molecule has 0 amide bonds. The molecule has 0 N–H and O–H groups in total. The largest absolute Gasteiger partial charge is 0.379 e. The number of unbranched alkanes of at least 4 members (excludes halogenated alkanes) is 1. The van der Waals surface area contributed by atoms with Gasteiger partial charge in [-0.3, -0.25) is 9.69 Å². The van der Waals surface area contributed by atoms with E-state index >= 15 is 0 Å². The molecule has 1 heterocycles. The average Bonchev–Trinajstić information content (AvgIpc) is 2.68. The van der Waals surface area contributed by atoms with Crippen LogP contribution in [0.25, 0.3) is 0 Å². The van der Waals surface area contributed by atoms with Crippen LogP contribution in [0, 0.1) is 5.92 Å². The maximum Gasteiger partial charge on any atom is 0.182 e. The number of Topliss-reactive ketones (excluding diaryl/α,β-unsaturated/α-hetero) is 1. The quantitative estimate of drug-likeness (QED) is 0.409. The van der Waals surface area contributed by atoms with Gasteiger partial charge in [0.25, 0.3) is 0 Å². The van der Waals surface area contributed by atoms with Gasteiger partial charge in [0.2, 0.25) is 0 Å². The highest BCUT2D eigenvalue weighted by Crippen LogP contribution is 2.27. The molecule has 26 heavy (non-hydrogen) atoms. The molecule has 2 rings (SSSR count). The third-order valence-corrected chi connectivity index (χ3v) is 6.75. The zero-order chi connectivity index (χ0) is 19.0. The number of morpholine rings is 1. The molecule has 0 bridgehead atoms. The van der Waals surface area contributed by atoms with Crippen molar-refractivity contribution in [3.8, 4) is 0 Å². The number of thioether (sulfide) groups is 1. The van der Waals surface area contributed by atoms with Gasteiger partial charge in [-0.1, -0.05) is 45.2 Å². The van der Waals surface area contributed by atoms with Crippen molar-refractivity contribution in [2.45, 2.75) is 63.8 Å². The first kappa shape index (κ1) is 21.5. The topological polar surface area (TPSA) is 29.5 Å². The molecule has 0 saturated carbocycles. The Morgan fingerprint density at radius 3 is 2.42 bits per heavy atom. The fourth-order valence-corrected chi connectivity index (χ4v) is 4.59. The van der Waals surface area contributed by atoms with E-state index in [2.05, 4.69) is 30.9 Å². The highest BCUT2D eigenvalue weighted by atomic mass is 32.2. The van der Waals surface area contributed by atoms with Gasteiger partial charge >= 0.3 is 0 Å². The van der Waals surface area contributed by atoms with Gasteiger partial charge in [0.15, 0.2) is 5.78 Å². The fourth-order valence-electron chi connectivity index (χ4n) is 3.43. The molecule has 0 aromatic heterocycles. The van der Waals surface area contributed by atoms with Gasteiger partial charge in [-0.2, -0.15) is 0 Å². The summed E-state index contributed by atoms with van der Waals surface area (Å²) in [5.41, 5.74) is 0.329. The molecule has 1 atom stereocenters. The summed E-state index contributed by atoms with van der Waals surface area (Å²) >= 11 is 1.92. The van der Waals surface area contributed by atoms with Crippen LogP contribution in [-0.2, 0) is 4.74 Å². The maximum atomic E-state index is 13.0. The van der Waals surface area contributed by atoms with Crippen molar-refractivity contribution < 1.29 is 9.53 Å². The molecule has 0 radical (unpaired) electrons. The Labute approximate surface area is 163 Å². The van der Waals surface area contributed by atoms with Crippen LogP contribution in [0.2, 0.25) is 0 Å². The molecule has 1 aromatic carbocycles. The number of ketones is 1. The Morgan fingerprint density at radius 2 is 1.85 bits per heavy atom. The van der Waals surface area contributed by atoms with Gasteiger partial charge in [-0.25, -0.2) is 0 Å². The van der Waals surface area contributed by atoms with Gasteiger partial charge in [0, 0.05) is 29.3 Å². The summed E-state index contributed by atoms with van der Waals surface area (Å²) in [6.07, 6.45) is 5.17. The molecular formula is C22H35NO2S. The second kappa shape index (κ2) is 10.5. The van der Waals surface area contributed by atoms with E-state index in [0.717, 1.165) is 24.6 Å². The van der Waals surface area contributed by atoms with Gasteiger partial charge in [0.1, 0.15) is 0 Å². The molecule has 1 unspecified atom stereocenters. The van der Waals surface area contributed by atoms with Gasteiger partial charge in [0.05, 0.1) is 18.8 Å². The van der Waals surface area contributed by atoms with Crippen LogP contribution in [0.15, 0.2) is 29.2 Å². The average molecular weight is 378 g/mol. The highest BCUT2D eigenvalue weighted by molar-refractivity contribution is 7.99. The molecule has 1 fully saturated rings. The SMILES string of the molecule is CCCCC(CC)CSc1ccc(C(=O)C(C)(C)N2CCOCC2)cc1. The minimum atomic E-state index is -0.480. The van der Waals surface area contributed by atoms with Crippen LogP contribution in [0.5, 0.6) is 0 Å². The minimum Gasteiger partial charge on any atom is -0.379 e. The summed E-state index contributed by atoms with van der Waals surface area (Å²) in [5.74, 6) is 2.16. The molecule has 1 aliphatic heterocycles. The summed E-state index contributed by atoms with van der Waals surface area (Å²) < 4.78 is 5.42. The molecule has 0 spiro atoms. The Hall–Kier alpha value is -0.840. The lowest BCUT2D eigenvalue weighted by Crippen LogP contribution is -2.54. The standard InChI is InChI=1S/C22H35NO2S/c1-5-7-8-18(6-2)17-26-20-11-9-19(10-12-20)21(24)22(3,4)23-13-15-25-16-14-23/h9-12,18H,5-8,13-17H2,1-4H3. The van der Waals surface area contributed by atoms with E-state index in [-0.39, 0.29) is 5.78 Å². The van der Waals surface area contributed by atoms with Crippen LogP contribution in [0.1, 0.15) is 63.7 Å². The Bertz CT molecular complexity index is 550. The summed E-state index contributed by atoms with van der Waals surface area (Å²) in [6, 6.07) is 8.22. The van der Waals surface area contributed by atoms with Crippen molar-refractivity contribution in [1.29, 1.82) is 0 Å². The zero-order valence-corrected chi connectivity index (χ0v) is 17.7. The summed E-state index contributed by atoms with van der Waals surface area (Å²) in [4.78, 5) is 16.5. The lowest BCUT2D eigenvalue weighted by molar-refractivity contribution is -0.00430. The van der Waals surface area contributed by atoms with E-state index in [1.54, 1.807) is 0 Å². The van der Waals surface area contributed by atoms with E-state index in [4.69, 9.17) is 4.74 Å². The van der Waals surface area contributed by atoms with E-state index in [0.29, 0.717) is 13.2 Å². The molecule has 0 aliphatic carbocycles.